The van der Waals surface area contributed by atoms with Gasteiger partial charge in [-0.05, 0) is 13.8 Å². The van der Waals surface area contributed by atoms with Crippen LogP contribution in [0.3, 0.4) is 0 Å². The molecule has 0 amide bonds. The number of hydrogen-bond acceptors (Lipinski definition) is 1. The Bertz CT molecular complexity index is 184. The summed E-state index contributed by atoms with van der Waals surface area (Å²) < 4.78 is 0. The quantitative estimate of drug-likeness (QED) is 0.287. The zero-order chi connectivity index (χ0) is 7.28. The molecule has 0 heterocycles. The summed E-state index contributed by atoms with van der Waals surface area (Å²) in [4.78, 5) is 0. The van der Waals surface area contributed by atoms with Gasteiger partial charge in [-0.15, -0.1) is 0 Å². The minimum absolute atomic E-state index is 0.762. The van der Waals surface area contributed by atoms with E-state index in [9.17, 15) is 0 Å². The van der Waals surface area contributed by atoms with Crippen molar-refractivity contribution in [3.05, 3.63) is 23.2 Å². The highest BCUT2D eigenvalue weighted by Gasteiger charge is 1.91. The molecule has 0 unspecified atom stereocenters. The maximum Gasteiger partial charge on any atom is 0.140 e. The monoisotopic (exact) mass is 119 g/mol. The molecule has 0 aliphatic carbocycles. The van der Waals surface area contributed by atoms with E-state index in [0.29, 0.717) is 0 Å². The van der Waals surface area contributed by atoms with Crippen molar-refractivity contribution in [2.24, 2.45) is 0 Å². The molecule has 0 atom stereocenters. The molecule has 0 N–H and O–H groups in total. The van der Waals surface area contributed by atoms with E-state index in [4.69, 9.17) is 5.26 Å². The van der Waals surface area contributed by atoms with Gasteiger partial charge in [-0.1, -0.05) is 17.6 Å². The summed E-state index contributed by atoms with van der Waals surface area (Å²) in [6.07, 6.45) is 3.74. The van der Waals surface area contributed by atoms with Crippen LogP contribution in [0.15, 0.2) is 23.2 Å². The molecule has 0 bridgehead atoms. The average molecular weight is 119 g/mol. The normalized spacial score (nSPS) is 13.0. The average Bonchev–Trinajstić information content (AvgIpc) is 1.90. The van der Waals surface area contributed by atoms with Crippen LogP contribution in [-0.4, -0.2) is 7.85 Å². The minimum Gasteiger partial charge on any atom is -0.192 e. The van der Waals surface area contributed by atoms with E-state index in [2.05, 4.69) is 6.07 Å². The number of hydrogen-bond donors (Lipinski definition) is 0. The van der Waals surface area contributed by atoms with Gasteiger partial charge in [-0.3, -0.25) is 0 Å². The summed E-state index contributed by atoms with van der Waals surface area (Å²) in [6, 6.07) is 2.10. The van der Waals surface area contributed by atoms with Gasteiger partial charge in [-0.2, -0.15) is 5.26 Å². The Balaban J connectivity index is 4.39. The van der Waals surface area contributed by atoms with E-state index >= 15 is 0 Å². The topological polar surface area (TPSA) is 23.8 Å². The summed E-state index contributed by atoms with van der Waals surface area (Å²) in [7, 11) is 1.93. The maximum atomic E-state index is 8.47. The molecule has 2 heteroatoms. The zero-order valence-corrected chi connectivity index (χ0v) is 6.10. The van der Waals surface area contributed by atoms with Crippen LogP contribution in [0.5, 0.6) is 0 Å². The van der Waals surface area contributed by atoms with Crippen LogP contribution in [0.2, 0.25) is 0 Å². The van der Waals surface area contributed by atoms with E-state index in [1.54, 1.807) is 0 Å². The van der Waals surface area contributed by atoms with E-state index in [0.717, 1.165) is 11.0 Å². The van der Waals surface area contributed by atoms with Gasteiger partial charge in [0.05, 0.1) is 6.07 Å². The third-order valence-electron chi connectivity index (χ3n) is 1.27. The Hall–Kier alpha value is -0.965. The van der Waals surface area contributed by atoms with Gasteiger partial charge in [0.1, 0.15) is 7.85 Å². The van der Waals surface area contributed by atoms with E-state index in [-0.39, 0.29) is 0 Å². The number of nitriles is 1. The van der Waals surface area contributed by atoms with Gasteiger partial charge in [0.2, 0.25) is 0 Å². The largest absolute Gasteiger partial charge is 0.192 e. The van der Waals surface area contributed by atoms with Crippen LogP contribution in [-0.2, 0) is 0 Å². The first-order valence-corrected chi connectivity index (χ1v) is 2.96. The van der Waals surface area contributed by atoms with Crippen molar-refractivity contribution in [3.8, 4) is 6.07 Å². The number of rotatable bonds is 1. The standard InChI is InChI=1S/C7H10BN/c1-3-6(5-9)7(8)4-2/h3-4H,8H2,1-2H3/b6-3-,7-4+. The molecule has 9 heavy (non-hydrogen) atoms. The summed E-state index contributed by atoms with van der Waals surface area (Å²) in [5, 5.41) is 8.47. The van der Waals surface area contributed by atoms with Crippen LogP contribution in [0.4, 0.5) is 0 Å². The summed E-state index contributed by atoms with van der Waals surface area (Å²) in [5.74, 6) is 0. The smallest absolute Gasteiger partial charge is 0.140 e. The Morgan fingerprint density at radius 3 is 2.11 bits per heavy atom. The molecule has 46 valence electrons. The van der Waals surface area contributed by atoms with Crippen LogP contribution in [0.25, 0.3) is 0 Å². The van der Waals surface area contributed by atoms with Gasteiger partial charge in [-0.25, -0.2) is 0 Å². The molecule has 0 fully saturated rings. The molecule has 0 radical (unpaired) electrons. The van der Waals surface area contributed by atoms with Crippen molar-refractivity contribution in [3.63, 3.8) is 0 Å². The molecule has 0 aromatic heterocycles. The van der Waals surface area contributed by atoms with E-state index in [1.807, 2.05) is 33.8 Å². The summed E-state index contributed by atoms with van der Waals surface area (Å²) in [5.41, 5.74) is 1.80. The fourth-order valence-electron chi connectivity index (χ4n) is 0.536. The molecule has 0 aliphatic rings. The van der Waals surface area contributed by atoms with Crippen LogP contribution < -0.4 is 0 Å². The Kier molecular flexibility index (Phi) is 3.54. The second kappa shape index (κ2) is 3.97. The highest BCUT2D eigenvalue weighted by Crippen LogP contribution is 2.02. The zero-order valence-electron chi connectivity index (χ0n) is 6.10. The molecule has 0 spiro atoms. The molecule has 0 rings (SSSR count). The molecular weight excluding hydrogens is 109 g/mol. The van der Waals surface area contributed by atoms with Gasteiger partial charge >= 0.3 is 0 Å². The van der Waals surface area contributed by atoms with Crippen molar-refractivity contribution < 1.29 is 0 Å². The third kappa shape index (κ3) is 2.18. The number of allylic oxidation sites excluding steroid dienone is 4. The lowest BCUT2D eigenvalue weighted by Gasteiger charge is -1.92. The summed E-state index contributed by atoms with van der Waals surface area (Å²) >= 11 is 0. The van der Waals surface area contributed by atoms with E-state index < -0.39 is 0 Å². The maximum absolute atomic E-state index is 8.47. The van der Waals surface area contributed by atoms with Crippen molar-refractivity contribution >= 4 is 7.85 Å². The minimum atomic E-state index is 0.762. The van der Waals surface area contributed by atoms with Crippen molar-refractivity contribution in [1.29, 1.82) is 5.26 Å². The van der Waals surface area contributed by atoms with Gasteiger partial charge < -0.3 is 0 Å². The fourth-order valence-corrected chi connectivity index (χ4v) is 0.536. The van der Waals surface area contributed by atoms with Crippen molar-refractivity contribution in [2.45, 2.75) is 13.8 Å². The van der Waals surface area contributed by atoms with Crippen LogP contribution in [0, 0.1) is 11.3 Å². The lowest BCUT2D eigenvalue weighted by Crippen LogP contribution is -1.83. The molecule has 0 aliphatic heterocycles. The third-order valence-corrected chi connectivity index (χ3v) is 1.27. The lowest BCUT2D eigenvalue weighted by molar-refractivity contribution is 1.46. The highest BCUT2D eigenvalue weighted by molar-refractivity contribution is 6.24. The molecule has 0 aromatic carbocycles. The first-order chi connectivity index (χ1) is 4.26. The number of nitrogens with zero attached hydrogens (tertiary/aromatic N) is 1. The molecule has 1 nitrogen and oxygen atoms in total. The molecule has 0 aromatic rings. The van der Waals surface area contributed by atoms with Crippen molar-refractivity contribution in [1.82, 2.24) is 0 Å². The van der Waals surface area contributed by atoms with Crippen LogP contribution >= 0.6 is 0 Å². The molecular formula is C7H10BN. The second-order valence-corrected chi connectivity index (χ2v) is 1.79. The lowest BCUT2D eigenvalue weighted by atomic mass is 9.88. The summed E-state index contributed by atoms with van der Waals surface area (Å²) in [6.45, 7) is 3.79. The van der Waals surface area contributed by atoms with Crippen LogP contribution in [0.1, 0.15) is 13.8 Å². The van der Waals surface area contributed by atoms with Gasteiger partial charge in [0.25, 0.3) is 0 Å². The molecule has 0 saturated heterocycles. The Morgan fingerprint density at radius 1 is 1.44 bits per heavy atom. The highest BCUT2D eigenvalue weighted by atomic mass is 14.2. The Morgan fingerprint density at radius 2 is 2.00 bits per heavy atom. The fraction of sp³-hybridized carbons (Fsp3) is 0.286. The van der Waals surface area contributed by atoms with E-state index in [1.165, 1.54) is 0 Å². The first-order valence-electron chi connectivity index (χ1n) is 2.96. The van der Waals surface area contributed by atoms with Crippen molar-refractivity contribution in [2.75, 3.05) is 0 Å². The Labute approximate surface area is 57.1 Å². The van der Waals surface area contributed by atoms with Gasteiger partial charge in [0, 0.05) is 5.57 Å². The molecule has 0 saturated carbocycles. The predicted molar refractivity (Wildman–Crippen MR) is 41.7 cm³/mol. The predicted octanol–water partition coefficient (Wildman–Crippen LogP) is 0.993. The second-order valence-electron chi connectivity index (χ2n) is 1.79. The van der Waals surface area contributed by atoms with Gasteiger partial charge in [0.15, 0.2) is 0 Å². The first kappa shape index (κ1) is 8.03. The SMILES string of the molecule is BC(=C/C)/C(C#N)=C\C.